The van der Waals surface area contributed by atoms with Crippen LogP contribution in [0.1, 0.15) is 6.92 Å². The van der Waals surface area contributed by atoms with Crippen LogP contribution < -0.4 is 0 Å². The van der Waals surface area contributed by atoms with Crippen LogP contribution in [0.15, 0.2) is 0 Å². The van der Waals surface area contributed by atoms with Gasteiger partial charge in [0.15, 0.2) is 0 Å². The Morgan fingerprint density at radius 3 is 1.44 bits per heavy atom. The van der Waals surface area contributed by atoms with Crippen molar-refractivity contribution < 1.29 is 39.2 Å². The maximum atomic E-state index is 10.2. The number of hydrogen-bond acceptors (Lipinski definition) is 6. The Kier molecular flexibility index (Phi) is 6.62. The lowest BCUT2D eigenvalue weighted by atomic mass is 10.5. The van der Waals surface area contributed by atoms with Crippen molar-refractivity contribution in [3.8, 4) is 0 Å². The van der Waals surface area contributed by atoms with E-state index in [9.17, 15) is 8.42 Å². The van der Waals surface area contributed by atoms with Gasteiger partial charge in [-0.2, -0.15) is 12.6 Å². The molecule has 0 amide bonds. The molecule has 0 aliphatic heterocycles. The van der Waals surface area contributed by atoms with Crippen molar-refractivity contribution >= 4 is 20.8 Å². The van der Waals surface area contributed by atoms with E-state index >= 15 is 0 Å². The zero-order chi connectivity index (χ0) is 13.8. The van der Waals surface area contributed by atoms with E-state index in [1.54, 1.807) is 28.1 Å². The molecule has 16 heavy (non-hydrogen) atoms. The largest absolute Gasteiger partial charge is 0.726 e. The fraction of sp³-hybridized carbons (Fsp3) is 1.00. The maximum absolute atomic E-state index is 10.2. The van der Waals surface area contributed by atoms with Gasteiger partial charge >= 0.3 is 10.4 Å². The van der Waals surface area contributed by atoms with Crippen LogP contribution in [0, 0.1) is 0 Å². The van der Waals surface area contributed by atoms with Gasteiger partial charge in [0.1, 0.15) is 0 Å². The molecule has 2 N–H and O–H groups in total. The average Bonchev–Trinajstić information content (AvgIpc) is 1.75. The zero-order valence-electron chi connectivity index (χ0n) is 9.18. The van der Waals surface area contributed by atoms with Crippen molar-refractivity contribution in [2.75, 3.05) is 21.1 Å². The number of nitrogens with zero attached hydrogens (tertiary/aromatic N) is 1. The highest BCUT2D eigenvalue weighted by Gasteiger charge is 2.24. The van der Waals surface area contributed by atoms with Crippen molar-refractivity contribution in [2.24, 2.45) is 0 Å². The van der Waals surface area contributed by atoms with Crippen LogP contribution in [-0.2, 0) is 25.0 Å². The predicted octanol–water partition coefficient (Wildman–Crippen LogP) is -1.14. The zero-order valence-corrected chi connectivity index (χ0v) is 10.8. The molecule has 0 bridgehead atoms. The summed E-state index contributed by atoms with van der Waals surface area (Å²) in [4.78, 5) is 0. The van der Waals surface area contributed by atoms with Crippen LogP contribution >= 0.6 is 0 Å². The maximum Gasteiger partial charge on any atom is 0.402 e. The van der Waals surface area contributed by atoms with Gasteiger partial charge in [0, 0.05) is 6.92 Å². The molecule has 1 unspecified atom stereocenters. The Hall–Kier alpha value is -0.300. The molecular formula is C5H15NO8S2. The van der Waals surface area contributed by atoms with Crippen LogP contribution in [0.5, 0.6) is 0 Å². The molecule has 0 radical (unpaired) electrons. The molecule has 0 saturated heterocycles. The molecule has 0 heterocycles. The van der Waals surface area contributed by atoms with E-state index in [0.29, 0.717) is 4.48 Å². The van der Waals surface area contributed by atoms with Gasteiger partial charge in [-0.05, 0) is 0 Å². The standard InChI is InChI=1S/C5H13NO4S.H2O4S/c1-5(6(2,3)4)10-11(7,8)9;1-5(2,3)4/h5H,1-4H3;(H2,1,2,3,4). The Morgan fingerprint density at radius 1 is 1.12 bits per heavy atom. The smallest absolute Gasteiger partial charge is 0.402 e. The Labute approximate surface area is 94.8 Å². The Balaban J connectivity index is 0. The lowest BCUT2D eigenvalue weighted by molar-refractivity contribution is -0.912. The molecule has 0 aliphatic rings. The monoisotopic (exact) mass is 281 g/mol. The number of hydrogen-bond donors (Lipinski definition) is 2. The van der Waals surface area contributed by atoms with Crippen LogP contribution in [0.3, 0.4) is 0 Å². The van der Waals surface area contributed by atoms with Crippen LogP contribution in [-0.4, -0.2) is 62.3 Å². The first-order chi connectivity index (χ1) is 6.63. The van der Waals surface area contributed by atoms with E-state index in [-0.39, 0.29) is 0 Å². The lowest BCUT2D eigenvalue weighted by Crippen LogP contribution is -2.45. The van der Waals surface area contributed by atoms with E-state index in [0.717, 1.165) is 0 Å². The SMILES string of the molecule is CC(OS(=O)(=O)O)[N+](C)(C)C.O=S(=O)([O-])O. The molecule has 0 aromatic rings. The van der Waals surface area contributed by atoms with Crippen molar-refractivity contribution in [1.82, 2.24) is 0 Å². The molecule has 0 aliphatic carbocycles. The van der Waals surface area contributed by atoms with Gasteiger partial charge in [-0.1, -0.05) is 0 Å². The van der Waals surface area contributed by atoms with Gasteiger partial charge in [0.05, 0.1) is 21.1 Å². The van der Waals surface area contributed by atoms with Gasteiger partial charge in [-0.15, -0.1) is 0 Å². The highest BCUT2D eigenvalue weighted by Crippen LogP contribution is 2.05. The predicted molar refractivity (Wildman–Crippen MR) is 52.5 cm³/mol. The molecular weight excluding hydrogens is 266 g/mol. The molecule has 0 aromatic carbocycles. The minimum Gasteiger partial charge on any atom is -0.726 e. The van der Waals surface area contributed by atoms with Gasteiger partial charge in [0.2, 0.25) is 16.6 Å². The Morgan fingerprint density at radius 2 is 1.38 bits per heavy atom. The third-order valence-corrected chi connectivity index (χ3v) is 1.87. The Bertz CT molecular complexity index is 383. The average molecular weight is 281 g/mol. The summed E-state index contributed by atoms with van der Waals surface area (Å²) in [5.41, 5.74) is 0. The van der Waals surface area contributed by atoms with Gasteiger partial charge in [-0.3, -0.25) is 9.11 Å². The van der Waals surface area contributed by atoms with Crippen molar-refractivity contribution in [3.63, 3.8) is 0 Å². The second-order valence-electron chi connectivity index (χ2n) is 3.67. The molecule has 100 valence electrons. The van der Waals surface area contributed by atoms with Crippen LogP contribution in [0.25, 0.3) is 0 Å². The molecule has 0 rings (SSSR count). The van der Waals surface area contributed by atoms with Crippen molar-refractivity contribution in [3.05, 3.63) is 0 Å². The van der Waals surface area contributed by atoms with E-state index in [1.165, 1.54) is 0 Å². The quantitative estimate of drug-likeness (QED) is 0.286. The third-order valence-electron chi connectivity index (χ3n) is 1.35. The van der Waals surface area contributed by atoms with E-state index < -0.39 is 27.0 Å². The van der Waals surface area contributed by atoms with Crippen molar-refractivity contribution in [2.45, 2.75) is 13.2 Å². The molecule has 0 fully saturated rings. The topological polar surface area (TPSA) is 141 Å². The van der Waals surface area contributed by atoms with Crippen LogP contribution in [0.2, 0.25) is 0 Å². The first-order valence-corrected chi connectivity index (χ1v) is 6.51. The summed E-state index contributed by atoms with van der Waals surface area (Å²) in [6.45, 7) is 1.56. The lowest BCUT2D eigenvalue weighted by Gasteiger charge is -2.29. The second kappa shape index (κ2) is 5.86. The van der Waals surface area contributed by atoms with Gasteiger partial charge < -0.3 is 9.04 Å². The second-order valence-corrected chi connectivity index (χ2v) is 5.57. The summed E-state index contributed by atoms with van der Waals surface area (Å²) in [5.74, 6) is 0. The fourth-order valence-electron chi connectivity index (χ4n) is 0.305. The highest BCUT2D eigenvalue weighted by molar-refractivity contribution is 7.80. The summed E-state index contributed by atoms with van der Waals surface area (Å²) < 4.78 is 66.2. The molecule has 9 nitrogen and oxygen atoms in total. The first kappa shape index (κ1) is 18.1. The molecule has 11 heteroatoms. The minimum atomic E-state index is -4.92. The van der Waals surface area contributed by atoms with Gasteiger partial charge in [0.25, 0.3) is 0 Å². The van der Waals surface area contributed by atoms with E-state index in [1.807, 2.05) is 0 Å². The summed E-state index contributed by atoms with van der Waals surface area (Å²) in [6.07, 6.45) is -0.593. The fourth-order valence-corrected chi connectivity index (χ4v) is 0.915. The first-order valence-electron chi connectivity index (χ1n) is 3.78. The van der Waals surface area contributed by atoms with Gasteiger partial charge in [-0.25, -0.2) is 8.42 Å². The molecule has 0 saturated carbocycles. The summed E-state index contributed by atoms with van der Waals surface area (Å²) in [7, 11) is -3.96. The van der Waals surface area contributed by atoms with Crippen molar-refractivity contribution in [1.29, 1.82) is 0 Å². The van der Waals surface area contributed by atoms with E-state index in [2.05, 4.69) is 4.18 Å². The summed E-state index contributed by atoms with van der Waals surface area (Å²) >= 11 is 0. The van der Waals surface area contributed by atoms with E-state index in [4.69, 9.17) is 22.1 Å². The molecule has 0 aromatic heterocycles. The molecule has 0 spiro atoms. The minimum absolute atomic E-state index is 0.305. The normalized spacial score (nSPS) is 14.9. The summed E-state index contributed by atoms with van der Waals surface area (Å²) in [5, 5.41) is 0. The molecule has 1 atom stereocenters. The highest BCUT2D eigenvalue weighted by atomic mass is 32.3. The number of quaternary nitrogens is 1. The number of rotatable bonds is 3. The van der Waals surface area contributed by atoms with Crippen LogP contribution in [0.4, 0.5) is 0 Å². The summed E-state index contributed by atoms with van der Waals surface area (Å²) in [6, 6.07) is 0. The third kappa shape index (κ3) is 19.3.